The zero-order valence-electron chi connectivity index (χ0n) is 8.67. The second kappa shape index (κ2) is 4.80. The van der Waals surface area contributed by atoms with E-state index < -0.39 is 0 Å². The standard InChI is InChI=1S/C10H10N4OS/c1-7-13-4-8(16-7)5-14-10(15)9-6-11-2-3-12-9/h2-4,6H,5H2,1H3,(H,14,15). The highest BCUT2D eigenvalue weighted by Gasteiger charge is 2.06. The minimum atomic E-state index is -0.223. The van der Waals surface area contributed by atoms with Crippen LogP contribution in [0.5, 0.6) is 0 Å². The molecular weight excluding hydrogens is 224 g/mol. The average molecular weight is 234 g/mol. The van der Waals surface area contributed by atoms with Gasteiger partial charge in [-0.1, -0.05) is 0 Å². The lowest BCUT2D eigenvalue weighted by Gasteiger charge is -2.01. The molecule has 0 saturated carbocycles. The van der Waals surface area contributed by atoms with Crippen LogP contribution in [0.3, 0.4) is 0 Å². The van der Waals surface area contributed by atoms with E-state index in [9.17, 15) is 4.79 Å². The largest absolute Gasteiger partial charge is 0.346 e. The van der Waals surface area contributed by atoms with Crippen molar-refractivity contribution >= 4 is 17.2 Å². The summed E-state index contributed by atoms with van der Waals surface area (Å²) < 4.78 is 0. The Bertz CT molecular complexity index is 483. The molecule has 0 spiro atoms. The van der Waals surface area contributed by atoms with Gasteiger partial charge in [-0.25, -0.2) is 9.97 Å². The van der Waals surface area contributed by atoms with Crippen LogP contribution < -0.4 is 5.32 Å². The van der Waals surface area contributed by atoms with Crippen LogP contribution in [0.1, 0.15) is 20.4 Å². The van der Waals surface area contributed by atoms with Crippen LogP contribution in [0, 0.1) is 6.92 Å². The summed E-state index contributed by atoms with van der Waals surface area (Å²) in [7, 11) is 0. The van der Waals surface area contributed by atoms with Gasteiger partial charge in [0, 0.05) is 23.5 Å². The summed E-state index contributed by atoms with van der Waals surface area (Å²) in [6, 6.07) is 0. The topological polar surface area (TPSA) is 67.8 Å². The number of aromatic nitrogens is 3. The van der Waals surface area contributed by atoms with Gasteiger partial charge in [0.25, 0.3) is 5.91 Å². The van der Waals surface area contributed by atoms with E-state index in [2.05, 4.69) is 20.3 Å². The molecule has 2 rings (SSSR count). The van der Waals surface area contributed by atoms with Gasteiger partial charge >= 0.3 is 0 Å². The van der Waals surface area contributed by atoms with Gasteiger partial charge in [-0.2, -0.15) is 0 Å². The van der Waals surface area contributed by atoms with Gasteiger partial charge in [0.2, 0.25) is 0 Å². The summed E-state index contributed by atoms with van der Waals surface area (Å²) in [5, 5.41) is 3.75. The molecule has 0 atom stereocenters. The number of carbonyl (C=O) groups excluding carboxylic acids is 1. The van der Waals surface area contributed by atoms with E-state index in [1.807, 2.05) is 6.92 Å². The van der Waals surface area contributed by atoms with Crippen molar-refractivity contribution in [3.05, 3.63) is 40.4 Å². The van der Waals surface area contributed by atoms with Crippen molar-refractivity contribution in [2.75, 3.05) is 0 Å². The molecule has 0 bridgehead atoms. The number of carbonyl (C=O) groups is 1. The summed E-state index contributed by atoms with van der Waals surface area (Å²) in [5.74, 6) is -0.223. The van der Waals surface area contributed by atoms with Crippen LogP contribution in [0.15, 0.2) is 24.8 Å². The van der Waals surface area contributed by atoms with E-state index in [4.69, 9.17) is 0 Å². The van der Waals surface area contributed by atoms with Gasteiger partial charge in [0.05, 0.1) is 17.7 Å². The fourth-order valence-electron chi connectivity index (χ4n) is 1.16. The highest BCUT2D eigenvalue weighted by atomic mass is 32.1. The quantitative estimate of drug-likeness (QED) is 0.865. The molecule has 0 aliphatic heterocycles. The maximum Gasteiger partial charge on any atom is 0.271 e. The first kappa shape index (κ1) is 10.7. The SMILES string of the molecule is Cc1ncc(CNC(=O)c2cnccn2)s1. The molecule has 5 nitrogen and oxygen atoms in total. The van der Waals surface area contributed by atoms with E-state index in [0.29, 0.717) is 12.2 Å². The van der Waals surface area contributed by atoms with Crippen LogP contribution in [0.4, 0.5) is 0 Å². The van der Waals surface area contributed by atoms with Crippen molar-refractivity contribution < 1.29 is 4.79 Å². The zero-order chi connectivity index (χ0) is 11.4. The second-order valence-corrected chi connectivity index (χ2v) is 4.44. The normalized spacial score (nSPS) is 10.1. The number of nitrogens with zero attached hydrogens (tertiary/aromatic N) is 3. The molecule has 82 valence electrons. The molecule has 2 aromatic rings. The number of hydrogen-bond acceptors (Lipinski definition) is 5. The molecule has 16 heavy (non-hydrogen) atoms. The number of thiazole rings is 1. The van der Waals surface area contributed by atoms with Crippen molar-refractivity contribution in [3.8, 4) is 0 Å². The molecule has 6 heteroatoms. The molecule has 2 heterocycles. The predicted octanol–water partition coefficient (Wildman–Crippen LogP) is 1.17. The Balaban J connectivity index is 1.94. The fraction of sp³-hybridized carbons (Fsp3) is 0.200. The Labute approximate surface area is 96.6 Å². The van der Waals surface area contributed by atoms with E-state index in [0.717, 1.165) is 9.88 Å². The molecule has 0 aromatic carbocycles. The Morgan fingerprint density at radius 2 is 2.25 bits per heavy atom. The fourth-order valence-corrected chi connectivity index (χ4v) is 1.90. The minimum Gasteiger partial charge on any atom is -0.346 e. The number of hydrogen-bond donors (Lipinski definition) is 1. The summed E-state index contributed by atoms with van der Waals surface area (Å²) in [4.78, 5) is 24.5. The third-order valence-corrected chi connectivity index (χ3v) is 2.80. The highest BCUT2D eigenvalue weighted by Crippen LogP contribution is 2.10. The van der Waals surface area contributed by atoms with Crippen LogP contribution >= 0.6 is 11.3 Å². The van der Waals surface area contributed by atoms with Gasteiger partial charge in [0.1, 0.15) is 5.69 Å². The number of nitrogens with one attached hydrogen (secondary N) is 1. The molecule has 0 unspecified atom stereocenters. The minimum absolute atomic E-state index is 0.223. The van der Waals surface area contributed by atoms with Gasteiger partial charge < -0.3 is 5.32 Å². The highest BCUT2D eigenvalue weighted by molar-refractivity contribution is 7.11. The van der Waals surface area contributed by atoms with Crippen molar-refractivity contribution in [1.29, 1.82) is 0 Å². The maximum atomic E-state index is 11.6. The van der Waals surface area contributed by atoms with E-state index in [1.54, 1.807) is 17.5 Å². The molecule has 0 aliphatic carbocycles. The molecule has 1 amide bonds. The Hall–Kier alpha value is -1.82. The Morgan fingerprint density at radius 3 is 2.88 bits per heavy atom. The van der Waals surface area contributed by atoms with Gasteiger partial charge in [0.15, 0.2) is 0 Å². The maximum absolute atomic E-state index is 11.6. The van der Waals surface area contributed by atoms with E-state index >= 15 is 0 Å². The molecule has 0 radical (unpaired) electrons. The molecular formula is C10H10N4OS. The van der Waals surface area contributed by atoms with Crippen LogP contribution in [-0.4, -0.2) is 20.9 Å². The van der Waals surface area contributed by atoms with Crippen LogP contribution in [-0.2, 0) is 6.54 Å². The third kappa shape index (κ3) is 2.60. The Kier molecular flexibility index (Phi) is 3.21. The van der Waals surface area contributed by atoms with E-state index in [-0.39, 0.29) is 5.91 Å². The summed E-state index contributed by atoms with van der Waals surface area (Å²) in [6.45, 7) is 2.40. The molecule has 2 aromatic heterocycles. The second-order valence-electron chi connectivity index (χ2n) is 3.12. The summed E-state index contributed by atoms with van der Waals surface area (Å²) in [6.07, 6.45) is 6.22. The Morgan fingerprint density at radius 1 is 1.38 bits per heavy atom. The van der Waals surface area contributed by atoms with Gasteiger partial charge in [-0.15, -0.1) is 11.3 Å². The summed E-state index contributed by atoms with van der Waals surface area (Å²) in [5.41, 5.74) is 0.323. The molecule has 0 aliphatic rings. The lowest BCUT2D eigenvalue weighted by molar-refractivity contribution is 0.0946. The predicted molar refractivity (Wildman–Crippen MR) is 60.1 cm³/mol. The van der Waals surface area contributed by atoms with Gasteiger partial charge in [-0.05, 0) is 6.92 Å². The number of aryl methyl sites for hydroxylation is 1. The lowest BCUT2D eigenvalue weighted by atomic mass is 10.4. The first-order valence-electron chi connectivity index (χ1n) is 4.71. The number of amides is 1. The zero-order valence-corrected chi connectivity index (χ0v) is 9.49. The first-order chi connectivity index (χ1) is 7.75. The van der Waals surface area contributed by atoms with E-state index in [1.165, 1.54) is 18.6 Å². The number of rotatable bonds is 3. The van der Waals surface area contributed by atoms with Crippen molar-refractivity contribution in [2.24, 2.45) is 0 Å². The van der Waals surface area contributed by atoms with Crippen molar-refractivity contribution in [3.63, 3.8) is 0 Å². The van der Waals surface area contributed by atoms with Crippen molar-refractivity contribution in [2.45, 2.75) is 13.5 Å². The summed E-state index contributed by atoms with van der Waals surface area (Å²) >= 11 is 1.56. The smallest absolute Gasteiger partial charge is 0.271 e. The lowest BCUT2D eigenvalue weighted by Crippen LogP contribution is -2.23. The van der Waals surface area contributed by atoms with Crippen LogP contribution in [0.25, 0.3) is 0 Å². The molecule has 1 N–H and O–H groups in total. The third-order valence-electron chi connectivity index (χ3n) is 1.89. The average Bonchev–Trinajstić information content (AvgIpc) is 2.73. The monoisotopic (exact) mass is 234 g/mol. The van der Waals surface area contributed by atoms with Gasteiger partial charge in [-0.3, -0.25) is 9.78 Å². The van der Waals surface area contributed by atoms with Crippen molar-refractivity contribution in [1.82, 2.24) is 20.3 Å². The molecule has 0 saturated heterocycles. The first-order valence-corrected chi connectivity index (χ1v) is 5.53. The van der Waals surface area contributed by atoms with Crippen LogP contribution in [0.2, 0.25) is 0 Å². The molecule has 0 fully saturated rings.